The fourth-order valence-electron chi connectivity index (χ4n) is 2.81. The van der Waals surface area contributed by atoms with Gasteiger partial charge in [0.15, 0.2) is 5.78 Å². The van der Waals surface area contributed by atoms with E-state index < -0.39 is 52.1 Å². The first-order chi connectivity index (χ1) is 14.2. The van der Waals surface area contributed by atoms with Crippen molar-refractivity contribution in [3.8, 4) is 0 Å². The molecule has 0 spiro atoms. The second kappa shape index (κ2) is 8.70. The summed E-state index contributed by atoms with van der Waals surface area (Å²) in [5.41, 5.74) is -0.580. The molecule has 0 aliphatic carbocycles. The van der Waals surface area contributed by atoms with Crippen molar-refractivity contribution in [1.29, 1.82) is 0 Å². The Morgan fingerprint density at radius 1 is 1.16 bits per heavy atom. The van der Waals surface area contributed by atoms with Gasteiger partial charge in [-0.25, -0.2) is 4.79 Å². The van der Waals surface area contributed by atoms with Crippen LogP contribution in [0.25, 0.3) is 0 Å². The van der Waals surface area contributed by atoms with Gasteiger partial charge in [0.2, 0.25) is 5.92 Å². The molecule has 0 saturated carbocycles. The van der Waals surface area contributed by atoms with Crippen molar-refractivity contribution in [2.45, 2.75) is 58.5 Å². The molecule has 1 aromatic rings. The Labute approximate surface area is 178 Å². The van der Waals surface area contributed by atoms with Crippen molar-refractivity contribution >= 4 is 29.5 Å². The smallest absolute Gasteiger partial charge is 0.408 e. The van der Waals surface area contributed by atoms with Crippen molar-refractivity contribution in [1.82, 2.24) is 5.32 Å². The maximum Gasteiger partial charge on any atom is 0.408 e. The molecule has 0 radical (unpaired) electrons. The molecular weight excluding hydrogens is 412 g/mol. The molecule has 2 rings (SSSR count). The molecular formula is C20H24N2O9. The number of nitrogens with zero attached hydrogens (tertiary/aromatic N) is 1. The van der Waals surface area contributed by atoms with Crippen LogP contribution in [-0.2, 0) is 35.0 Å². The SMILES string of the molecule is CC(C)(C)OC(=O)N[C@@H](Cc1ccc([N+](=O)[O-])cc1)C(=O)C1C(=O)OC(C)(C)OC1=O. The van der Waals surface area contributed by atoms with Gasteiger partial charge in [0.1, 0.15) is 5.60 Å². The average Bonchev–Trinajstić information content (AvgIpc) is 2.58. The Morgan fingerprint density at radius 2 is 1.68 bits per heavy atom. The molecule has 1 N–H and O–H groups in total. The van der Waals surface area contributed by atoms with Gasteiger partial charge in [0, 0.05) is 26.0 Å². The largest absolute Gasteiger partial charge is 0.444 e. The van der Waals surface area contributed by atoms with Gasteiger partial charge in [-0.1, -0.05) is 12.1 Å². The van der Waals surface area contributed by atoms with Crippen LogP contribution in [0.2, 0.25) is 0 Å². The number of non-ortho nitro benzene ring substituents is 1. The predicted molar refractivity (Wildman–Crippen MR) is 105 cm³/mol. The quantitative estimate of drug-likeness (QED) is 0.306. The highest BCUT2D eigenvalue weighted by atomic mass is 16.7. The summed E-state index contributed by atoms with van der Waals surface area (Å²) in [5, 5.41) is 13.2. The second-order valence-electron chi connectivity index (χ2n) is 8.40. The zero-order chi connectivity index (χ0) is 23.6. The Morgan fingerprint density at radius 3 is 2.13 bits per heavy atom. The minimum absolute atomic E-state index is 0.156. The minimum atomic E-state index is -1.88. The molecule has 168 valence electrons. The lowest BCUT2D eigenvalue weighted by Gasteiger charge is -2.33. The Balaban J connectivity index is 2.28. The minimum Gasteiger partial charge on any atom is -0.444 e. The lowest BCUT2D eigenvalue weighted by atomic mass is 9.92. The number of benzene rings is 1. The second-order valence-corrected chi connectivity index (χ2v) is 8.40. The van der Waals surface area contributed by atoms with Crippen molar-refractivity contribution in [3.63, 3.8) is 0 Å². The van der Waals surface area contributed by atoms with Crippen molar-refractivity contribution in [2.24, 2.45) is 5.92 Å². The lowest BCUT2D eigenvalue weighted by Crippen LogP contribution is -2.55. The van der Waals surface area contributed by atoms with E-state index in [9.17, 15) is 29.3 Å². The number of carbonyl (C=O) groups is 4. The van der Waals surface area contributed by atoms with Gasteiger partial charge in [-0.05, 0) is 32.8 Å². The van der Waals surface area contributed by atoms with Crippen LogP contribution in [0.4, 0.5) is 10.5 Å². The number of hydrogen-bond acceptors (Lipinski definition) is 9. The van der Waals surface area contributed by atoms with Crippen LogP contribution < -0.4 is 5.32 Å². The van der Waals surface area contributed by atoms with Crippen LogP contribution in [0.1, 0.15) is 40.2 Å². The fourth-order valence-corrected chi connectivity index (χ4v) is 2.81. The van der Waals surface area contributed by atoms with Gasteiger partial charge >= 0.3 is 18.0 Å². The summed E-state index contributed by atoms with van der Waals surface area (Å²) in [6.07, 6.45) is -1.10. The van der Waals surface area contributed by atoms with Crippen LogP contribution >= 0.6 is 0 Å². The molecule has 1 aromatic carbocycles. The number of esters is 2. The molecule has 1 saturated heterocycles. The van der Waals surface area contributed by atoms with E-state index in [2.05, 4.69) is 5.32 Å². The summed E-state index contributed by atoms with van der Waals surface area (Å²) in [4.78, 5) is 60.1. The highest BCUT2D eigenvalue weighted by Crippen LogP contribution is 2.25. The molecule has 0 aromatic heterocycles. The fraction of sp³-hybridized carbons (Fsp3) is 0.500. The van der Waals surface area contributed by atoms with E-state index in [1.807, 2.05) is 0 Å². The van der Waals surface area contributed by atoms with Crippen LogP contribution in [0.3, 0.4) is 0 Å². The summed E-state index contributed by atoms with van der Waals surface area (Å²) in [6, 6.07) is 3.90. The molecule has 1 amide bonds. The number of Topliss-reactive ketones (excluding diaryl/α,β-unsaturated/α-hetero) is 1. The van der Waals surface area contributed by atoms with Crippen molar-refractivity contribution in [2.75, 3.05) is 0 Å². The first kappa shape index (κ1) is 23.8. The van der Waals surface area contributed by atoms with Gasteiger partial charge in [-0.3, -0.25) is 24.5 Å². The standard InChI is InChI=1S/C20H24N2O9/c1-19(2,3)31-18(26)21-13(10-11-6-8-12(9-7-11)22(27)28)15(23)14-16(24)29-20(4,5)30-17(14)25/h6-9,13-14H,10H2,1-5H3,(H,21,26)/t13-/m0/s1. The molecule has 1 aliphatic rings. The third kappa shape index (κ3) is 6.49. The number of cyclic esters (lactones) is 2. The monoisotopic (exact) mass is 436 g/mol. The molecule has 1 fully saturated rings. The zero-order valence-corrected chi connectivity index (χ0v) is 17.8. The number of alkyl carbamates (subject to hydrolysis) is 1. The lowest BCUT2D eigenvalue weighted by molar-refractivity contribution is -0.384. The Kier molecular flexibility index (Phi) is 6.67. The number of ketones is 1. The zero-order valence-electron chi connectivity index (χ0n) is 17.8. The normalized spacial score (nSPS) is 17.2. The van der Waals surface area contributed by atoms with E-state index in [1.54, 1.807) is 20.8 Å². The van der Waals surface area contributed by atoms with E-state index in [0.717, 1.165) is 0 Å². The van der Waals surface area contributed by atoms with E-state index in [0.29, 0.717) is 5.56 Å². The van der Waals surface area contributed by atoms with E-state index in [4.69, 9.17) is 14.2 Å². The highest BCUT2D eigenvalue weighted by molar-refractivity contribution is 6.17. The number of rotatable bonds is 6. The van der Waals surface area contributed by atoms with Crippen LogP contribution in [-0.4, -0.2) is 46.2 Å². The Hall–Kier alpha value is -3.50. The maximum atomic E-state index is 13.0. The average molecular weight is 436 g/mol. The van der Waals surface area contributed by atoms with Gasteiger partial charge in [-0.2, -0.15) is 0 Å². The molecule has 11 heteroatoms. The van der Waals surface area contributed by atoms with Gasteiger partial charge in [-0.15, -0.1) is 0 Å². The number of hydrogen-bond donors (Lipinski definition) is 1. The molecule has 0 unspecified atom stereocenters. The Bertz CT molecular complexity index is 880. The van der Waals surface area contributed by atoms with Crippen LogP contribution in [0.5, 0.6) is 0 Å². The number of nitrogens with one attached hydrogen (secondary N) is 1. The molecule has 1 heterocycles. The number of ether oxygens (including phenoxy) is 3. The van der Waals surface area contributed by atoms with Crippen LogP contribution in [0, 0.1) is 16.0 Å². The molecule has 1 atom stereocenters. The number of carbonyl (C=O) groups excluding carboxylic acids is 4. The summed E-state index contributed by atoms with van der Waals surface area (Å²) in [5.74, 6) is -6.53. The summed E-state index contributed by atoms with van der Waals surface area (Å²) >= 11 is 0. The topological polar surface area (TPSA) is 151 Å². The van der Waals surface area contributed by atoms with Crippen molar-refractivity contribution in [3.05, 3.63) is 39.9 Å². The molecule has 0 bridgehead atoms. The third-order valence-electron chi connectivity index (χ3n) is 4.07. The first-order valence-electron chi connectivity index (χ1n) is 9.41. The maximum absolute atomic E-state index is 13.0. The van der Waals surface area contributed by atoms with Crippen LogP contribution in [0.15, 0.2) is 24.3 Å². The van der Waals surface area contributed by atoms with E-state index in [1.165, 1.54) is 38.1 Å². The molecule has 31 heavy (non-hydrogen) atoms. The first-order valence-corrected chi connectivity index (χ1v) is 9.41. The number of nitro benzene ring substituents is 1. The third-order valence-corrected chi connectivity index (χ3v) is 4.07. The van der Waals surface area contributed by atoms with Gasteiger partial charge < -0.3 is 19.5 Å². The summed E-state index contributed by atoms with van der Waals surface area (Å²) in [6.45, 7) is 7.56. The van der Waals surface area contributed by atoms with E-state index in [-0.39, 0.29) is 12.1 Å². The predicted octanol–water partition coefficient (Wildman–Crippen LogP) is 2.05. The number of amides is 1. The highest BCUT2D eigenvalue weighted by Gasteiger charge is 2.49. The summed E-state index contributed by atoms with van der Waals surface area (Å²) in [7, 11) is 0. The van der Waals surface area contributed by atoms with Crippen molar-refractivity contribution < 1.29 is 38.3 Å². The number of nitro groups is 1. The summed E-state index contributed by atoms with van der Waals surface area (Å²) < 4.78 is 15.1. The van der Waals surface area contributed by atoms with Gasteiger partial charge in [0.05, 0.1) is 11.0 Å². The van der Waals surface area contributed by atoms with Gasteiger partial charge in [0.25, 0.3) is 11.5 Å². The molecule has 11 nitrogen and oxygen atoms in total. The molecule has 1 aliphatic heterocycles. The van der Waals surface area contributed by atoms with E-state index >= 15 is 0 Å².